The van der Waals surface area contributed by atoms with Crippen molar-refractivity contribution in [3.8, 4) is 0 Å². The van der Waals surface area contributed by atoms with Crippen LogP contribution >= 0.6 is 0 Å². The van der Waals surface area contributed by atoms with E-state index < -0.39 is 0 Å². The molecule has 0 fully saturated rings. The van der Waals surface area contributed by atoms with E-state index >= 15 is 0 Å². The summed E-state index contributed by atoms with van der Waals surface area (Å²) in [6.45, 7) is 11.2. The first-order valence-corrected chi connectivity index (χ1v) is 4.99. The smallest absolute Gasteiger partial charge is 0.0228 e. The van der Waals surface area contributed by atoms with Crippen molar-refractivity contribution in [2.24, 2.45) is 7.05 Å². The minimum absolute atomic E-state index is 0.252. The van der Waals surface area contributed by atoms with Crippen LogP contribution in [0.15, 0.2) is 12.3 Å². The molecule has 0 spiro atoms. The molecule has 0 unspecified atom stereocenters. The minimum atomic E-state index is 0.252. The van der Waals surface area contributed by atoms with Gasteiger partial charge in [0.1, 0.15) is 0 Å². The van der Waals surface area contributed by atoms with Crippen LogP contribution in [-0.2, 0) is 12.5 Å². The van der Waals surface area contributed by atoms with Gasteiger partial charge in [-0.2, -0.15) is 0 Å². The zero-order valence-corrected chi connectivity index (χ0v) is 9.68. The molecule has 0 saturated heterocycles. The Labute approximate surface area is 81.8 Å². The van der Waals surface area contributed by atoms with Crippen molar-refractivity contribution in [2.75, 3.05) is 0 Å². The summed E-state index contributed by atoms with van der Waals surface area (Å²) in [5, 5.41) is 0. The Morgan fingerprint density at radius 1 is 1.23 bits per heavy atom. The van der Waals surface area contributed by atoms with Crippen LogP contribution in [0.2, 0.25) is 0 Å². The van der Waals surface area contributed by atoms with Gasteiger partial charge in [-0.1, -0.05) is 34.6 Å². The van der Waals surface area contributed by atoms with Crippen LogP contribution in [0.5, 0.6) is 0 Å². The van der Waals surface area contributed by atoms with E-state index in [9.17, 15) is 0 Å². The molecule has 0 bridgehead atoms. The van der Waals surface area contributed by atoms with Crippen LogP contribution in [0.3, 0.4) is 0 Å². The summed E-state index contributed by atoms with van der Waals surface area (Å²) in [6, 6.07) is 2.32. The van der Waals surface area contributed by atoms with Gasteiger partial charge in [-0.15, -0.1) is 0 Å². The van der Waals surface area contributed by atoms with Gasteiger partial charge in [-0.3, -0.25) is 0 Å². The summed E-state index contributed by atoms with van der Waals surface area (Å²) in [5.41, 5.74) is 3.10. The van der Waals surface area contributed by atoms with E-state index in [0.29, 0.717) is 5.92 Å². The second-order valence-corrected chi connectivity index (χ2v) is 5.17. The largest absolute Gasteiger partial charge is 0.354 e. The molecule has 74 valence electrons. The summed E-state index contributed by atoms with van der Waals surface area (Å²) < 4.78 is 2.25. The third-order valence-electron chi connectivity index (χ3n) is 2.46. The highest BCUT2D eigenvalue weighted by Gasteiger charge is 2.18. The van der Waals surface area contributed by atoms with Crippen LogP contribution in [0.1, 0.15) is 51.8 Å². The van der Waals surface area contributed by atoms with Gasteiger partial charge in [0.2, 0.25) is 0 Å². The van der Waals surface area contributed by atoms with E-state index in [1.54, 1.807) is 0 Å². The zero-order valence-electron chi connectivity index (χ0n) is 9.68. The lowest BCUT2D eigenvalue weighted by Crippen LogP contribution is -2.15. The highest BCUT2D eigenvalue weighted by molar-refractivity contribution is 5.26. The number of rotatable bonds is 1. The lowest BCUT2D eigenvalue weighted by atomic mass is 9.91. The fourth-order valence-electron chi connectivity index (χ4n) is 1.65. The van der Waals surface area contributed by atoms with Crippen LogP contribution in [-0.4, -0.2) is 4.57 Å². The molecule has 0 amide bonds. The molecule has 0 aliphatic rings. The fourth-order valence-corrected chi connectivity index (χ4v) is 1.65. The van der Waals surface area contributed by atoms with Crippen molar-refractivity contribution >= 4 is 0 Å². The molecule has 0 radical (unpaired) electrons. The van der Waals surface area contributed by atoms with E-state index in [1.165, 1.54) is 11.3 Å². The molecule has 0 N–H and O–H groups in total. The van der Waals surface area contributed by atoms with Crippen molar-refractivity contribution in [2.45, 2.75) is 46.0 Å². The van der Waals surface area contributed by atoms with Gasteiger partial charge in [0.05, 0.1) is 0 Å². The van der Waals surface area contributed by atoms with Crippen LogP contribution in [0, 0.1) is 0 Å². The van der Waals surface area contributed by atoms with Gasteiger partial charge in [-0.25, -0.2) is 0 Å². The Hall–Kier alpha value is -0.720. The van der Waals surface area contributed by atoms with E-state index in [-0.39, 0.29) is 5.41 Å². The van der Waals surface area contributed by atoms with Crippen molar-refractivity contribution in [3.05, 3.63) is 23.5 Å². The molecule has 1 heterocycles. The molecule has 0 aliphatic heterocycles. The summed E-state index contributed by atoms with van der Waals surface area (Å²) in [4.78, 5) is 0. The third-order valence-corrected chi connectivity index (χ3v) is 2.46. The highest BCUT2D eigenvalue weighted by atomic mass is 14.9. The van der Waals surface area contributed by atoms with Crippen LogP contribution < -0.4 is 0 Å². The van der Waals surface area contributed by atoms with Crippen molar-refractivity contribution in [3.63, 3.8) is 0 Å². The standard InChI is InChI=1S/C12H21N/c1-9(2)10-7-11(12(3,4)5)13(6)8-10/h7-9H,1-6H3. The Balaban J connectivity index is 3.11. The lowest BCUT2D eigenvalue weighted by molar-refractivity contribution is 0.543. The Kier molecular flexibility index (Phi) is 2.56. The van der Waals surface area contributed by atoms with Gasteiger partial charge in [-0.05, 0) is 17.5 Å². The Morgan fingerprint density at radius 3 is 2.00 bits per heavy atom. The lowest BCUT2D eigenvalue weighted by Gasteiger charge is -2.19. The molecule has 0 aromatic carbocycles. The second kappa shape index (κ2) is 3.21. The number of hydrogen-bond acceptors (Lipinski definition) is 0. The summed E-state index contributed by atoms with van der Waals surface area (Å²) >= 11 is 0. The average molecular weight is 179 g/mol. The maximum atomic E-state index is 2.32. The first-order chi connectivity index (χ1) is 5.82. The molecule has 13 heavy (non-hydrogen) atoms. The summed E-state index contributed by atoms with van der Waals surface area (Å²) in [6.07, 6.45) is 2.24. The molecule has 1 rings (SSSR count). The molecule has 1 aromatic rings. The third kappa shape index (κ3) is 2.15. The number of aryl methyl sites for hydroxylation is 1. The van der Waals surface area contributed by atoms with Gasteiger partial charge >= 0.3 is 0 Å². The molecule has 1 aromatic heterocycles. The normalized spacial score (nSPS) is 12.5. The molecule has 1 nitrogen and oxygen atoms in total. The quantitative estimate of drug-likeness (QED) is 0.622. The molecule has 0 aliphatic carbocycles. The fraction of sp³-hybridized carbons (Fsp3) is 0.667. The van der Waals surface area contributed by atoms with Crippen LogP contribution in [0.4, 0.5) is 0 Å². The van der Waals surface area contributed by atoms with Crippen molar-refractivity contribution in [1.29, 1.82) is 0 Å². The second-order valence-electron chi connectivity index (χ2n) is 5.17. The number of nitrogens with zero attached hydrogens (tertiary/aromatic N) is 1. The van der Waals surface area contributed by atoms with Crippen LogP contribution in [0.25, 0.3) is 0 Å². The predicted molar refractivity (Wildman–Crippen MR) is 58.2 cm³/mol. The molecular weight excluding hydrogens is 158 g/mol. The van der Waals surface area contributed by atoms with E-state index in [2.05, 4.69) is 58.5 Å². The Bertz CT molecular complexity index is 287. The van der Waals surface area contributed by atoms with E-state index in [1.807, 2.05) is 0 Å². The number of hydrogen-bond donors (Lipinski definition) is 0. The topological polar surface area (TPSA) is 4.93 Å². The first-order valence-electron chi connectivity index (χ1n) is 4.99. The Morgan fingerprint density at radius 2 is 1.77 bits per heavy atom. The van der Waals surface area contributed by atoms with Crippen molar-refractivity contribution in [1.82, 2.24) is 4.57 Å². The van der Waals surface area contributed by atoms with E-state index in [4.69, 9.17) is 0 Å². The van der Waals surface area contributed by atoms with Crippen molar-refractivity contribution < 1.29 is 0 Å². The minimum Gasteiger partial charge on any atom is -0.354 e. The first kappa shape index (κ1) is 10.4. The van der Waals surface area contributed by atoms with Gasteiger partial charge in [0.25, 0.3) is 0 Å². The predicted octanol–water partition coefficient (Wildman–Crippen LogP) is 3.45. The number of aromatic nitrogens is 1. The SMILES string of the molecule is CC(C)c1cc(C(C)(C)C)n(C)c1. The average Bonchev–Trinajstić information content (AvgIpc) is 2.29. The zero-order chi connectivity index (χ0) is 10.2. The van der Waals surface area contributed by atoms with E-state index in [0.717, 1.165) is 0 Å². The molecular formula is C12H21N. The molecule has 0 atom stereocenters. The maximum absolute atomic E-state index is 2.32. The molecule has 0 saturated carbocycles. The molecule has 1 heteroatoms. The summed E-state index contributed by atoms with van der Waals surface area (Å²) in [7, 11) is 2.13. The van der Waals surface area contributed by atoms with Gasteiger partial charge < -0.3 is 4.57 Å². The van der Waals surface area contributed by atoms with Gasteiger partial charge in [0, 0.05) is 24.4 Å². The monoisotopic (exact) mass is 179 g/mol. The highest BCUT2D eigenvalue weighted by Crippen LogP contribution is 2.26. The maximum Gasteiger partial charge on any atom is 0.0228 e. The van der Waals surface area contributed by atoms with Gasteiger partial charge in [0.15, 0.2) is 0 Å². The summed E-state index contributed by atoms with van der Waals surface area (Å²) in [5.74, 6) is 0.627.